The van der Waals surface area contributed by atoms with Crippen LogP contribution in [0.15, 0.2) is 30.3 Å². The third-order valence-electron chi connectivity index (χ3n) is 6.54. The molecule has 1 heterocycles. The van der Waals surface area contributed by atoms with Crippen molar-refractivity contribution in [3.63, 3.8) is 0 Å². The second-order valence-electron chi connectivity index (χ2n) is 7.87. The molecule has 1 aliphatic heterocycles. The Morgan fingerprint density at radius 3 is 2.48 bits per heavy atom. The first-order chi connectivity index (χ1) is 11.2. The number of hydrogen-bond acceptors (Lipinski definition) is 2. The van der Waals surface area contributed by atoms with Gasteiger partial charge in [-0.25, -0.2) is 0 Å². The number of nitrogens with one attached hydrogen (secondary N) is 1. The van der Waals surface area contributed by atoms with Gasteiger partial charge in [-0.15, -0.1) is 0 Å². The molecular weight excluding hydrogens is 284 g/mol. The molecule has 1 aromatic carbocycles. The van der Waals surface area contributed by atoms with Gasteiger partial charge in [0.2, 0.25) is 5.91 Å². The van der Waals surface area contributed by atoms with Gasteiger partial charge in [-0.1, -0.05) is 30.3 Å². The Balaban J connectivity index is 1.23. The minimum absolute atomic E-state index is 0.0949. The minimum Gasteiger partial charge on any atom is -0.350 e. The lowest BCUT2D eigenvalue weighted by molar-refractivity contribution is -0.122. The number of amides is 1. The largest absolute Gasteiger partial charge is 0.350 e. The van der Waals surface area contributed by atoms with Gasteiger partial charge in [0, 0.05) is 26.1 Å². The first-order valence-corrected chi connectivity index (χ1v) is 9.27. The highest BCUT2D eigenvalue weighted by molar-refractivity contribution is 5.76. The SMILES string of the molecule is CC(NC(=O)CCN1C[C@@H]2[C@@H]3CC[C@@H](C3)[C@@H]2C1)c1ccccc1. The molecule has 0 radical (unpaired) electrons. The van der Waals surface area contributed by atoms with E-state index in [1.807, 2.05) is 18.2 Å². The third-order valence-corrected chi connectivity index (χ3v) is 6.54. The molecular formula is C20H28N2O. The summed E-state index contributed by atoms with van der Waals surface area (Å²) in [5.74, 6) is 4.07. The fourth-order valence-corrected chi connectivity index (χ4v) is 5.35. The summed E-state index contributed by atoms with van der Waals surface area (Å²) < 4.78 is 0. The molecule has 124 valence electrons. The summed E-state index contributed by atoms with van der Waals surface area (Å²) in [6, 6.07) is 10.3. The molecule has 3 fully saturated rings. The Hall–Kier alpha value is -1.35. The zero-order valence-corrected chi connectivity index (χ0v) is 14.1. The third kappa shape index (κ3) is 3.03. The van der Waals surface area contributed by atoms with E-state index in [1.165, 1.54) is 37.9 Å². The normalized spacial score (nSPS) is 33.6. The van der Waals surface area contributed by atoms with E-state index in [-0.39, 0.29) is 11.9 Å². The van der Waals surface area contributed by atoms with Crippen LogP contribution in [0.1, 0.15) is 44.2 Å². The Labute approximate surface area is 139 Å². The van der Waals surface area contributed by atoms with Crippen LogP contribution in [0.3, 0.4) is 0 Å². The van der Waals surface area contributed by atoms with Crippen LogP contribution in [0.5, 0.6) is 0 Å². The summed E-state index contributed by atoms with van der Waals surface area (Å²) in [7, 11) is 0. The number of likely N-dealkylation sites (tertiary alicyclic amines) is 1. The van der Waals surface area contributed by atoms with Crippen molar-refractivity contribution >= 4 is 5.91 Å². The highest BCUT2D eigenvalue weighted by Crippen LogP contribution is 2.55. The van der Waals surface area contributed by atoms with Gasteiger partial charge in [-0.3, -0.25) is 4.79 Å². The average Bonchev–Trinajstić information content (AvgIpc) is 3.26. The average molecular weight is 312 g/mol. The van der Waals surface area contributed by atoms with Crippen molar-refractivity contribution < 1.29 is 4.79 Å². The molecule has 2 bridgehead atoms. The molecule has 0 spiro atoms. The van der Waals surface area contributed by atoms with Gasteiger partial charge < -0.3 is 10.2 Å². The van der Waals surface area contributed by atoms with Gasteiger partial charge in [0.05, 0.1) is 6.04 Å². The molecule has 4 rings (SSSR count). The molecule has 2 saturated carbocycles. The number of rotatable bonds is 5. The number of carbonyl (C=O) groups is 1. The molecule has 1 aromatic rings. The second kappa shape index (κ2) is 6.27. The van der Waals surface area contributed by atoms with Crippen molar-refractivity contribution in [1.82, 2.24) is 10.2 Å². The van der Waals surface area contributed by atoms with Crippen molar-refractivity contribution in [3.8, 4) is 0 Å². The highest BCUT2D eigenvalue weighted by Gasteiger charge is 2.51. The van der Waals surface area contributed by atoms with Crippen molar-refractivity contribution in [1.29, 1.82) is 0 Å². The maximum Gasteiger partial charge on any atom is 0.221 e. The molecule has 1 saturated heterocycles. The van der Waals surface area contributed by atoms with Crippen LogP contribution < -0.4 is 5.32 Å². The Morgan fingerprint density at radius 2 is 1.83 bits per heavy atom. The standard InChI is InChI=1S/C20H28N2O/c1-14(15-5-3-2-4-6-15)21-20(23)9-10-22-12-18-16-7-8-17(11-16)19(18)13-22/h2-6,14,16-19H,7-13H2,1H3,(H,21,23)/t14?,16-,17+,18-,19+. The summed E-state index contributed by atoms with van der Waals surface area (Å²) in [6.45, 7) is 5.48. The van der Waals surface area contributed by atoms with Gasteiger partial charge in [0.25, 0.3) is 0 Å². The number of nitrogens with zero attached hydrogens (tertiary/aromatic N) is 1. The van der Waals surface area contributed by atoms with Gasteiger partial charge >= 0.3 is 0 Å². The lowest BCUT2D eigenvalue weighted by Gasteiger charge is -2.22. The zero-order chi connectivity index (χ0) is 15.8. The highest BCUT2D eigenvalue weighted by atomic mass is 16.1. The molecule has 2 aliphatic carbocycles. The summed E-state index contributed by atoms with van der Waals surface area (Å²) >= 11 is 0. The van der Waals surface area contributed by atoms with Crippen LogP contribution in [0.25, 0.3) is 0 Å². The first kappa shape index (κ1) is 15.2. The molecule has 3 aliphatic rings. The van der Waals surface area contributed by atoms with E-state index < -0.39 is 0 Å². The first-order valence-electron chi connectivity index (χ1n) is 9.27. The van der Waals surface area contributed by atoms with E-state index in [4.69, 9.17) is 0 Å². The fourth-order valence-electron chi connectivity index (χ4n) is 5.35. The van der Waals surface area contributed by atoms with E-state index in [9.17, 15) is 4.79 Å². The van der Waals surface area contributed by atoms with E-state index >= 15 is 0 Å². The van der Waals surface area contributed by atoms with Crippen LogP contribution in [-0.4, -0.2) is 30.4 Å². The molecule has 23 heavy (non-hydrogen) atoms. The topological polar surface area (TPSA) is 32.3 Å². The van der Waals surface area contributed by atoms with E-state index in [0.717, 1.165) is 30.2 Å². The Morgan fingerprint density at radius 1 is 1.17 bits per heavy atom. The zero-order valence-electron chi connectivity index (χ0n) is 14.1. The number of fused-ring (bicyclic) bond motifs is 5. The van der Waals surface area contributed by atoms with Crippen LogP contribution in [0, 0.1) is 23.7 Å². The molecule has 3 heteroatoms. The molecule has 1 unspecified atom stereocenters. The monoisotopic (exact) mass is 312 g/mol. The maximum absolute atomic E-state index is 12.2. The summed E-state index contributed by atoms with van der Waals surface area (Å²) in [4.78, 5) is 14.8. The minimum atomic E-state index is 0.0949. The van der Waals surface area contributed by atoms with Gasteiger partial charge in [0.15, 0.2) is 0 Å². The molecule has 0 aromatic heterocycles. The van der Waals surface area contributed by atoms with Gasteiger partial charge in [-0.05, 0) is 55.4 Å². The number of carbonyl (C=O) groups excluding carboxylic acids is 1. The summed E-state index contributed by atoms with van der Waals surface area (Å²) in [5.41, 5.74) is 1.17. The lowest BCUT2D eigenvalue weighted by atomic mass is 9.82. The predicted octanol–water partition coefficient (Wildman–Crippen LogP) is 3.23. The number of benzene rings is 1. The van der Waals surface area contributed by atoms with Crippen LogP contribution in [-0.2, 0) is 4.79 Å². The van der Waals surface area contributed by atoms with E-state index in [2.05, 4.69) is 29.3 Å². The van der Waals surface area contributed by atoms with Crippen LogP contribution in [0.4, 0.5) is 0 Å². The Bertz CT molecular complexity index is 540. The summed E-state index contributed by atoms with van der Waals surface area (Å²) in [6.07, 6.45) is 5.06. The van der Waals surface area contributed by atoms with Crippen LogP contribution in [0.2, 0.25) is 0 Å². The molecule has 1 amide bonds. The van der Waals surface area contributed by atoms with Crippen molar-refractivity contribution in [3.05, 3.63) is 35.9 Å². The lowest BCUT2D eigenvalue weighted by Crippen LogP contribution is -2.32. The van der Waals surface area contributed by atoms with E-state index in [1.54, 1.807) is 0 Å². The Kier molecular flexibility index (Phi) is 4.14. The van der Waals surface area contributed by atoms with E-state index in [0.29, 0.717) is 6.42 Å². The van der Waals surface area contributed by atoms with Gasteiger partial charge in [0.1, 0.15) is 0 Å². The smallest absolute Gasteiger partial charge is 0.221 e. The van der Waals surface area contributed by atoms with Crippen LogP contribution >= 0.6 is 0 Å². The predicted molar refractivity (Wildman–Crippen MR) is 91.9 cm³/mol. The van der Waals surface area contributed by atoms with Crippen molar-refractivity contribution in [2.24, 2.45) is 23.7 Å². The molecule has 5 atom stereocenters. The van der Waals surface area contributed by atoms with Crippen molar-refractivity contribution in [2.75, 3.05) is 19.6 Å². The number of hydrogen-bond donors (Lipinski definition) is 1. The summed E-state index contributed by atoms with van der Waals surface area (Å²) in [5, 5.41) is 3.13. The maximum atomic E-state index is 12.2. The fraction of sp³-hybridized carbons (Fsp3) is 0.650. The molecule has 3 nitrogen and oxygen atoms in total. The van der Waals surface area contributed by atoms with Gasteiger partial charge in [-0.2, -0.15) is 0 Å². The molecule has 1 N–H and O–H groups in total. The second-order valence-corrected chi connectivity index (χ2v) is 7.87. The quantitative estimate of drug-likeness (QED) is 0.905. The van der Waals surface area contributed by atoms with Crippen molar-refractivity contribution in [2.45, 2.75) is 38.6 Å².